The molecule has 0 unspecified atom stereocenters. The number of nitrogens with zero attached hydrogens (tertiary/aromatic N) is 6. The molecule has 1 aliphatic heterocycles. The van der Waals surface area contributed by atoms with E-state index in [9.17, 15) is 5.11 Å². The van der Waals surface area contributed by atoms with Crippen LogP contribution in [0.5, 0.6) is 0 Å². The van der Waals surface area contributed by atoms with Gasteiger partial charge >= 0.3 is 0 Å². The van der Waals surface area contributed by atoms with Gasteiger partial charge in [0.05, 0.1) is 23.3 Å². The maximum Gasteiger partial charge on any atom is 0.134 e. The molecule has 0 amide bonds. The zero-order valence-electron chi connectivity index (χ0n) is 15.4. The van der Waals surface area contributed by atoms with Crippen molar-refractivity contribution in [3.8, 4) is 0 Å². The number of β-amino-alcohol motifs (C(OH)–C–C–N with tert-alkyl or cyclic N) is 1. The first-order valence-corrected chi connectivity index (χ1v) is 8.99. The second-order valence-electron chi connectivity index (χ2n) is 6.94. The fourth-order valence-electron chi connectivity index (χ4n) is 3.45. The number of nitrogens with one attached hydrogen (secondary N) is 1. The van der Waals surface area contributed by atoms with E-state index in [-0.39, 0.29) is 12.1 Å². The van der Waals surface area contributed by atoms with Crippen LogP contribution < -0.4 is 15.1 Å². The summed E-state index contributed by atoms with van der Waals surface area (Å²) in [7, 11) is 3.90. The fraction of sp³-hybridized carbons (Fsp3) is 0.368. The van der Waals surface area contributed by atoms with Gasteiger partial charge in [-0.15, -0.1) is 0 Å². The van der Waals surface area contributed by atoms with Gasteiger partial charge in [0, 0.05) is 45.6 Å². The SMILES string of the molecule is CN(C)c1cc(N2C[C@H](O)C[C@@H]2CNc2ccnc3cccnc23)ncn1. The van der Waals surface area contributed by atoms with Crippen molar-refractivity contribution in [2.24, 2.45) is 0 Å². The Labute approximate surface area is 157 Å². The van der Waals surface area contributed by atoms with E-state index in [2.05, 4.69) is 30.2 Å². The molecule has 4 rings (SSSR count). The van der Waals surface area contributed by atoms with Crippen LogP contribution in [0.15, 0.2) is 43.0 Å². The molecule has 1 fully saturated rings. The topological polar surface area (TPSA) is 90.3 Å². The van der Waals surface area contributed by atoms with E-state index >= 15 is 0 Å². The first kappa shape index (κ1) is 17.4. The van der Waals surface area contributed by atoms with E-state index in [1.54, 1.807) is 18.7 Å². The van der Waals surface area contributed by atoms with Crippen LogP contribution in [0.3, 0.4) is 0 Å². The van der Waals surface area contributed by atoms with E-state index in [4.69, 9.17) is 0 Å². The Morgan fingerprint density at radius 3 is 2.93 bits per heavy atom. The van der Waals surface area contributed by atoms with Crippen LogP contribution in [-0.4, -0.2) is 64.4 Å². The van der Waals surface area contributed by atoms with Crippen molar-refractivity contribution in [3.63, 3.8) is 0 Å². The highest BCUT2D eigenvalue weighted by Crippen LogP contribution is 2.27. The smallest absolute Gasteiger partial charge is 0.134 e. The summed E-state index contributed by atoms with van der Waals surface area (Å²) in [6.07, 6.45) is 5.43. The van der Waals surface area contributed by atoms with Gasteiger partial charge in [0.2, 0.25) is 0 Å². The van der Waals surface area contributed by atoms with Gasteiger partial charge in [-0.3, -0.25) is 9.97 Å². The third-order valence-electron chi connectivity index (χ3n) is 4.81. The number of aliphatic hydroxyl groups excluding tert-OH is 1. The van der Waals surface area contributed by atoms with Gasteiger partial charge in [0.15, 0.2) is 0 Å². The monoisotopic (exact) mass is 365 g/mol. The number of hydrogen-bond donors (Lipinski definition) is 2. The maximum atomic E-state index is 10.2. The summed E-state index contributed by atoms with van der Waals surface area (Å²) in [4.78, 5) is 21.6. The van der Waals surface area contributed by atoms with E-state index < -0.39 is 0 Å². The molecule has 0 aromatic carbocycles. The van der Waals surface area contributed by atoms with Crippen molar-refractivity contribution in [1.82, 2.24) is 19.9 Å². The molecule has 1 aliphatic rings. The molecule has 8 heteroatoms. The molecule has 0 saturated carbocycles. The highest BCUT2D eigenvalue weighted by Gasteiger charge is 2.32. The molecule has 0 spiro atoms. The van der Waals surface area contributed by atoms with Crippen LogP contribution in [0, 0.1) is 0 Å². The molecule has 27 heavy (non-hydrogen) atoms. The van der Waals surface area contributed by atoms with Gasteiger partial charge in [-0.1, -0.05) is 0 Å². The van der Waals surface area contributed by atoms with Crippen LogP contribution in [0.25, 0.3) is 11.0 Å². The van der Waals surface area contributed by atoms with E-state index in [1.807, 2.05) is 43.3 Å². The quantitative estimate of drug-likeness (QED) is 0.704. The molecular weight excluding hydrogens is 342 g/mol. The van der Waals surface area contributed by atoms with Crippen LogP contribution in [0.2, 0.25) is 0 Å². The van der Waals surface area contributed by atoms with Crippen molar-refractivity contribution in [2.75, 3.05) is 42.3 Å². The van der Waals surface area contributed by atoms with Crippen LogP contribution in [-0.2, 0) is 0 Å². The van der Waals surface area contributed by atoms with Gasteiger partial charge in [-0.2, -0.15) is 0 Å². The van der Waals surface area contributed by atoms with Gasteiger partial charge in [-0.25, -0.2) is 9.97 Å². The molecule has 0 aliphatic carbocycles. The lowest BCUT2D eigenvalue weighted by atomic mass is 10.2. The molecule has 140 valence electrons. The molecule has 2 N–H and O–H groups in total. The zero-order chi connectivity index (χ0) is 18.8. The first-order valence-electron chi connectivity index (χ1n) is 8.99. The molecule has 2 atom stereocenters. The number of hydrogen-bond acceptors (Lipinski definition) is 8. The van der Waals surface area contributed by atoms with E-state index in [1.165, 1.54) is 0 Å². The lowest BCUT2D eigenvalue weighted by molar-refractivity contribution is 0.194. The summed E-state index contributed by atoms with van der Waals surface area (Å²) in [5.74, 6) is 1.67. The van der Waals surface area contributed by atoms with E-state index in [0.717, 1.165) is 28.4 Å². The first-order chi connectivity index (χ1) is 13.1. The lowest BCUT2D eigenvalue weighted by Gasteiger charge is -2.26. The van der Waals surface area contributed by atoms with Gasteiger partial charge in [-0.05, 0) is 24.6 Å². The average molecular weight is 365 g/mol. The van der Waals surface area contributed by atoms with Crippen molar-refractivity contribution in [1.29, 1.82) is 0 Å². The number of aromatic nitrogens is 4. The van der Waals surface area contributed by atoms with Crippen molar-refractivity contribution in [2.45, 2.75) is 18.6 Å². The third-order valence-corrected chi connectivity index (χ3v) is 4.81. The van der Waals surface area contributed by atoms with Gasteiger partial charge in [0.25, 0.3) is 0 Å². The number of anilines is 3. The zero-order valence-corrected chi connectivity index (χ0v) is 15.4. The summed E-state index contributed by atoms with van der Waals surface area (Å²) >= 11 is 0. The Balaban J connectivity index is 1.54. The highest BCUT2D eigenvalue weighted by molar-refractivity contribution is 5.86. The fourth-order valence-corrected chi connectivity index (χ4v) is 3.45. The Morgan fingerprint density at radius 1 is 1.19 bits per heavy atom. The summed E-state index contributed by atoms with van der Waals surface area (Å²) in [5, 5.41) is 13.7. The van der Waals surface area contributed by atoms with Crippen LogP contribution in [0.4, 0.5) is 17.3 Å². The predicted molar refractivity (Wildman–Crippen MR) is 106 cm³/mol. The minimum absolute atomic E-state index is 0.122. The van der Waals surface area contributed by atoms with Gasteiger partial charge < -0.3 is 20.2 Å². The van der Waals surface area contributed by atoms with Crippen molar-refractivity contribution >= 4 is 28.4 Å². The van der Waals surface area contributed by atoms with Crippen LogP contribution in [0.1, 0.15) is 6.42 Å². The largest absolute Gasteiger partial charge is 0.391 e. The summed E-state index contributed by atoms with van der Waals surface area (Å²) in [6, 6.07) is 7.83. The summed E-state index contributed by atoms with van der Waals surface area (Å²) in [6.45, 7) is 1.24. The second kappa shape index (κ2) is 7.32. The van der Waals surface area contributed by atoms with Crippen LogP contribution >= 0.6 is 0 Å². The van der Waals surface area contributed by atoms with Crippen molar-refractivity contribution < 1.29 is 5.11 Å². The number of fused-ring (bicyclic) bond motifs is 1. The lowest BCUT2D eigenvalue weighted by Crippen LogP contribution is -2.35. The molecule has 4 heterocycles. The standard InChI is InChI=1S/C19H23N7O/c1-25(2)17-9-18(24-12-23-17)26-11-14(27)8-13(26)10-22-16-5-7-20-15-4-3-6-21-19(15)16/h3-7,9,12-14,27H,8,10-11H2,1-2H3,(H,20,22)/t13-,14-/m1/s1. The highest BCUT2D eigenvalue weighted by atomic mass is 16.3. The summed E-state index contributed by atoms with van der Waals surface area (Å²) in [5.41, 5.74) is 2.65. The molecular formula is C19H23N7O. The Morgan fingerprint density at radius 2 is 2.07 bits per heavy atom. The molecule has 3 aromatic heterocycles. The number of pyridine rings is 2. The average Bonchev–Trinajstić information content (AvgIpc) is 3.07. The third kappa shape index (κ3) is 3.61. The maximum absolute atomic E-state index is 10.2. The predicted octanol–water partition coefficient (Wildman–Crippen LogP) is 1.54. The Kier molecular flexibility index (Phi) is 4.72. The molecule has 3 aromatic rings. The Bertz CT molecular complexity index is 927. The normalized spacial score (nSPS) is 19.4. The molecule has 8 nitrogen and oxygen atoms in total. The Hall–Kier alpha value is -3.00. The minimum atomic E-state index is -0.373. The molecule has 0 bridgehead atoms. The second-order valence-corrected chi connectivity index (χ2v) is 6.94. The number of aliphatic hydroxyl groups is 1. The molecule has 0 radical (unpaired) electrons. The summed E-state index contributed by atoms with van der Waals surface area (Å²) < 4.78 is 0. The van der Waals surface area contributed by atoms with Gasteiger partial charge in [0.1, 0.15) is 23.5 Å². The van der Waals surface area contributed by atoms with E-state index in [0.29, 0.717) is 19.5 Å². The number of rotatable bonds is 5. The molecule has 1 saturated heterocycles. The van der Waals surface area contributed by atoms with Crippen molar-refractivity contribution in [3.05, 3.63) is 43.0 Å². The minimum Gasteiger partial charge on any atom is -0.391 e.